The summed E-state index contributed by atoms with van der Waals surface area (Å²) in [5.41, 5.74) is -1.65. The van der Waals surface area contributed by atoms with Gasteiger partial charge in [0.05, 0.1) is 6.61 Å². The summed E-state index contributed by atoms with van der Waals surface area (Å²) in [5, 5.41) is 1.46. The Morgan fingerprint density at radius 3 is 2.63 bits per heavy atom. The number of aromatic nitrogens is 1. The van der Waals surface area contributed by atoms with E-state index in [9.17, 15) is 22.8 Å². The van der Waals surface area contributed by atoms with Gasteiger partial charge in [0.15, 0.2) is 0 Å². The lowest BCUT2D eigenvalue weighted by atomic mass is 10.0. The van der Waals surface area contributed by atoms with Crippen LogP contribution in [0.25, 0.3) is 11.3 Å². The van der Waals surface area contributed by atoms with Crippen molar-refractivity contribution in [2.75, 3.05) is 6.61 Å². The average Bonchev–Trinajstić information content (AvgIpc) is 3.00. The maximum Gasteiger partial charge on any atom is 0.383 e. The fourth-order valence-corrected chi connectivity index (χ4v) is 2.44. The van der Waals surface area contributed by atoms with Crippen LogP contribution in [0.5, 0.6) is 0 Å². The smallest absolute Gasteiger partial charge is 0.383 e. The molecule has 0 aliphatic heterocycles. The molecule has 1 aromatic heterocycles. The van der Waals surface area contributed by atoms with Crippen LogP contribution in [0.4, 0.5) is 13.2 Å². The molecule has 1 heterocycles. The maximum atomic E-state index is 14.2. The largest absolute Gasteiger partial charge is 0.464 e. The van der Waals surface area contributed by atoms with E-state index in [-0.39, 0.29) is 17.2 Å². The molecule has 0 saturated carbocycles. The lowest BCUT2D eigenvalue weighted by Crippen LogP contribution is -2.40. The Bertz CT molecular complexity index is 868. The van der Waals surface area contributed by atoms with Gasteiger partial charge in [-0.15, -0.1) is 0 Å². The van der Waals surface area contributed by atoms with Crippen molar-refractivity contribution in [3.8, 4) is 11.3 Å². The summed E-state index contributed by atoms with van der Waals surface area (Å²) in [6.07, 6.45) is 0. The van der Waals surface area contributed by atoms with Crippen LogP contribution in [-0.2, 0) is 14.9 Å². The number of ether oxygens (including phenoxy) is 1. The molecule has 0 saturated heterocycles. The van der Waals surface area contributed by atoms with Gasteiger partial charge < -0.3 is 14.6 Å². The molecule has 2 aromatic rings. The Morgan fingerprint density at radius 1 is 1.41 bits per heavy atom. The SMILES string of the molecule is CCOC(=O)[C@H](C)NC(=O)c1c(-c2ccc(Cl)cc2F)noc1C(F)(F)Cl. The zero-order valence-electron chi connectivity index (χ0n) is 14.0. The van der Waals surface area contributed by atoms with Gasteiger partial charge in [0.1, 0.15) is 23.1 Å². The molecule has 1 amide bonds. The molecule has 1 aromatic carbocycles. The van der Waals surface area contributed by atoms with Gasteiger partial charge in [0.25, 0.3) is 5.91 Å². The van der Waals surface area contributed by atoms with E-state index in [1.54, 1.807) is 6.92 Å². The average molecular weight is 425 g/mol. The maximum absolute atomic E-state index is 14.2. The summed E-state index contributed by atoms with van der Waals surface area (Å²) in [6, 6.07) is 2.15. The van der Waals surface area contributed by atoms with Gasteiger partial charge >= 0.3 is 11.4 Å². The minimum atomic E-state index is -4.10. The molecule has 1 N–H and O–H groups in total. The van der Waals surface area contributed by atoms with E-state index in [1.165, 1.54) is 13.0 Å². The number of rotatable bonds is 6. The molecule has 0 fully saturated rings. The second-order valence-electron chi connectivity index (χ2n) is 5.30. The summed E-state index contributed by atoms with van der Waals surface area (Å²) < 4.78 is 50.7. The summed E-state index contributed by atoms with van der Waals surface area (Å²) in [5.74, 6) is -4.17. The molecular weight excluding hydrogens is 412 g/mol. The molecule has 27 heavy (non-hydrogen) atoms. The molecular formula is C16H13Cl2F3N2O4. The first-order valence-electron chi connectivity index (χ1n) is 7.56. The van der Waals surface area contributed by atoms with Crippen LogP contribution in [0.1, 0.15) is 30.0 Å². The predicted octanol–water partition coefficient (Wildman–Crippen LogP) is 4.10. The van der Waals surface area contributed by atoms with Crippen molar-refractivity contribution in [3.63, 3.8) is 0 Å². The summed E-state index contributed by atoms with van der Waals surface area (Å²) in [7, 11) is 0. The number of halogens is 5. The fourth-order valence-electron chi connectivity index (χ4n) is 2.15. The van der Waals surface area contributed by atoms with E-state index in [1.807, 2.05) is 0 Å². The number of esters is 1. The van der Waals surface area contributed by atoms with E-state index in [2.05, 4.69) is 15.0 Å². The van der Waals surface area contributed by atoms with Crippen LogP contribution < -0.4 is 5.32 Å². The number of carbonyl (C=O) groups excluding carboxylic acids is 2. The van der Waals surface area contributed by atoms with Crippen LogP contribution in [0.2, 0.25) is 5.02 Å². The fraction of sp³-hybridized carbons (Fsp3) is 0.312. The number of hydrogen-bond acceptors (Lipinski definition) is 5. The first-order valence-corrected chi connectivity index (χ1v) is 8.31. The van der Waals surface area contributed by atoms with E-state index in [0.717, 1.165) is 12.1 Å². The number of carbonyl (C=O) groups is 2. The van der Waals surface area contributed by atoms with E-state index < -0.39 is 46.1 Å². The normalized spacial score (nSPS) is 12.6. The van der Waals surface area contributed by atoms with E-state index in [4.69, 9.17) is 27.9 Å². The van der Waals surface area contributed by atoms with Gasteiger partial charge in [-0.3, -0.25) is 4.79 Å². The van der Waals surface area contributed by atoms with Gasteiger partial charge in [0, 0.05) is 10.6 Å². The lowest BCUT2D eigenvalue weighted by Gasteiger charge is -2.14. The highest BCUT2D eigenvalue weighted by Crippen LogP contribution is 2.39. The van der Waals surface area contributed by atoms with Gasteiger partial charge in [-0.1, -0.05) is 16.8 Å². The highest BCUT2D eigenvalue weighted by molar-refractivity contribution is 6.30. The second-order valence-corrected chi connectivity index (χ2v) is 6.22. The summed E-state index contributed by atoms with van der Waals surface area (Å²) >= 11 is 10.6. The standard InChI is InChI=1S/C16H13Cl2F3N2O4/c1-3-26-15(25)7(2)22-14(24)11-12(23-27-13(11)16(18,20)21)9-5-4-8(17)6-10(9)19/h4-7H,3H2,1-2H3,(H,22,24)/t7-/m0/s1. The molecule has 2 rings (SSSR count). The third-order valence-corrected chi connectivity index (χ3v) is 3.76. The quantitative estimate of drug-likeness (QED) is 0.557. The Morgan fingerprint density at radius 2 is 2.07 bits per heavy atom. The number of amides is 1. The third-order valence-electron chi connectivity index (χ3n) is 3.35. The zero-order valence-corrected chi connectivity index (χ0v) is 15.5. The minimum Gasteiger partial charge on any atom is -0.464 e. The minimum absolute atomic E-state index is 0.0459. The topological polar surface area (TPSA) is 81.4 Å². The van der Waals surface area contributed by atoms with Crippen molar-refractivity contribution in [1.29, 1.82) is 0 Å². The van der Waals surface area contributed by atoms with E-state index >= 15 is 0 Å². The van der Waals surface area contributed by atoms with Crippen LogP contribution in [0.15, 0.2) is 22.7 Å². The molecule has 6 nitrogen and oxygen atoms in total. The molecule has 11 heteroatoms. The molecule has 146 valence electrons. The number of benzene rings is 1. The Labute approximate surface area is 161 Å². The Kier molecular flexibility index (Phi) is 6.38. The van der Waals surface area contributed by atoms with Crippen molar-refractivity contribution in [2.24, 2.45) is 0 Å². The highest BCUT2D eigenvalue weighted by Gasteiger charge is 2.41. The second kappa shape index (κ2) is 8.18. The van der Waals surface area contributed by atoms with Crippen LogP contribution in [0, 0.1) is 5.82 Å². The first-order chi connectivity index (χ1) is 12.6. The first kappa shape index (κ1) is 21.0. The monoisotopic (exact) mass is 424 g/mol. The molecule has 0 unspecified atom stereocenters. The van der Waals surface area contributed by atoms with Gasteiger partial charge in [0.2, 0.25) is 5.76 Å². The van der Waals surface area contributed by atoms with Crippen LogP contribution in [-0.4, -0.2) is 29.7 Å². The van der Waals surface area contributed by atoms with E-state index in [0.29, 0.717) is 0 Å². The molecule has 0 bridgehead atoms. The van der Waals surface area contributed by atoms with Crippen LogP contribution in [0.3, 0.4) is 0 Å². The number of nitrogens with zero attached hydrogens (tertiary/aromatic N) is 1. The third kappa shape index (κ3) is 4.72. The molecule has 0 aliphatic rings. The lowest BCUT2D eigenvalue weighted by molar-refractivity contribution is -0.144. The Hall–Kier alpha value is -2.26. The van der Waals surface area contributed by atoms with Gasteiger partial charge in [-0.05, 0) is 43.6 Å². The molecule has 0 radical (unpaired) electrons. The van der Waals surface area contributed by atoms with Gasteiger partial charge in [-0.25, -0.2) is 9.18 Å². The van der Waals surface area contributed by atoms with Crippen molar-refractivity contribution in [1.82, 2.24) is 10.5 Å². The highest BCUT2D eigenvalue weighted by atomic mass is 35.5. The number of nitrogens with one attached hydrogen (secondary N) is 1. The van der Waals surface area contributed by atoms with Crippen molar-refractivity contribution < 1.29 is 32.0 Å². The van der Waals surface area contributed by atoms with Crippen molar-refractivity contribution in [3.05, 3.63) is 40.4 Å². The number of alkyl halides is 3. The van der Waals surface area contributed by atoms with Gasteiger partial charge in [-0.2, -0.15) is 8.78 Å². The zero-order chi connectivity index (χ0) is 20.4. The Balaban J connectivity index is 2.51. The summed E-state index contributed by atoms with van der Waals surface area (Å²) in [4.78, 5) is 24.2. The molecule has 0 aliphatic carbocycles. The van der Waals surface area contributed by atoms with Crippen molar-refractivity contribution >= 4 is 35.1 Å². The molecule has 0 spiro atoms. The van der Waals surface area contributed by atoms with Crippen LogP contribution >= 0.6 is 23.2 Å². The number of hydrogen-bond donors (Lipinski definition) is 1. The molecule has 1 atom stereocenters. The van der Waals surface area contributed by atoms with Crippen molar-refractivity contribution in [2.45, 2.75) is 25.3 Å². The summed E-state index contributed by atoms with van der Waals surface area (Å²) in [6.45, 7) is 2.89. The predicted molar refractivity (Wildman–Crippen MR) is 90.2 cm³/mol.